The number of anilines is 1. The second kappa shape index (κ2) is 6.70. The SMILES string of the molecule is CCc1ccc(CNC(=O)c2ccncc2NC)cc1. The van der Waals surface area contributed by atoms with Gasteiger partial charge in [-0.25, -0.2) is 0 Å². The van der Waals surface area contributed by atoms with Gasteiger partial charge in [-0.2, -0.15) is 0 Å². The predicted octanol–water partition coefficient (Wildman–Crippen LogP) is 2.62. The van der Waals surface area contributed by atoms with Crippen molar-refractivity contribution in [2.24, 2.45) is 0 Å². The third-order valence-corrected chi connectivity index (χ3v) is 3.22. The Bertz CT molecular complexity index is 579. The molecule has 1 aromatic carbocycles. The van der Waals surface area contributed by atoms with Crippen molar-refractivity contribution < 1.29 is 4.79 Å². The van der Waals surface area contributed by atoms with Crippen molar-refractivity contribution in [3.8, 4) is 0 Å². The fraction of sp³-hybridized carbons (Fsp3) is 0.250. The van der Waals surface area contributed by atoms with E-state index in [9.17, 15) is 4.79 Å². The van der Waals surface area contributed by atoms with Gasteiger partial charge in [0, 0.05) is 19.8 Å². The highest BCUT2D eigenvalue weighted by Gasteiger charge is 2.09. The van der Waals surface area contributed by atoms with E-state index in [1.165, 1.54) is 5.56 Å². The molecule has 104 valence electrons. The molecule has 0 aliphatic heterocycles. The van der Waals surface area contributed by atoms with Crippen molar-refractivity contribution in [3.63, 3.8) is 0 Å². The first-order valence-corrected chi connectivity index (χ1v) is 6.72. The van der Waals surface area contributed by atoms with Gasteiger partial charge in [0.15, 0.2) is 0 Å². The third-order valence-electron chi connectivity index (χ3n) is 3.22. The highest BCUT2D eigenvalue weighted by Crippen LogP contribution is 2.12. The lowest BCUT2D eigenvalue weighted by Gasteiger charge is -2.09. The zero-order chi connectivity index (χ0) is 14.4. The summed E-state index contributed by atoms with van der Waals surface area (Å²) in [6, 6.07) is 9.98. The number of aryl methyl sites for hydroxylation is 1. The van der Waals surface area contributed by atoms with Crippen LogP contribution in [-0.2, 0) is 13.0 Å². The van der Waals surface area contributed by atoms with Gasteiger partial charge in [-0.1, -0.05) is 31.2 Å². The van der Waals surface area contributed by atoms with Crippen molar-refractivity contribution in [3.05, 3.63) is 59.4 Å². The number of aromatic nitrogens is 1. The molecular weight excluding hydrogens is 250 g/mol. The summed E-state index contributed by atoms with van der Waals surface area (Å²) < 4.78 is 0. The first-order chi connectivity index (χ1) is 9.74. The molecule has 2 aromatic rings. The van der Waals surface area contributed by atoms with Gasteiger partial charge in [-0.05, 0) is 23.6 Å². The smallest absolute Gasteiger partial charge is 0.253 e. The molecule has 4 heteroatoms. The Kier molecular flexibility index (Phi) is 4.71. The minimum absolute atomic E-state index is 0.101. The molecule has 0 saturated carbocycles. The molecule has 0 radical (unpaired) electrons. The van der Waals surface area contributed by atoms with E-state index in [0.717, 1.165) is 17.7 Å². The number of carbonyl (C=O) groups excluding carboxylic acids is 1. The number of nitrogens with one attached hydrogen (secondary N) is 2. The first kappa shape index (κ1) is 14.1. The Morgan fingerprint density at radius 2 is 1.85 bits per heavy atom. The lowest BCUT2D eigenvalue weighted by atomic mass is 10.1. The Hall–Kier alpha value is -2.36. The topological polar surface area (TPSA) is 54.0 Å². The standard InChI is InChI=1S/C16H19N3O/c1-3-12-4-6-13(7-5-12)10-19-16(20)14-8-9-18-11-15(14)17-2/h4-9,11,17H,3,10H2,1-2H3,(H,19,20). The van der Waals surface area contributed by atoms with Crippen LogP contribution in [0.3, 0.4) is 0 Å². The van der Waals surface area contributed by atoms with E-state index in [-0.39, 0.29) is 5.91 Å². The minimum atomic E-state index is -0.101. The molecular formula is C16H19N3O. The molecule has 2 rings (SSSR count). The summed E-state index contributed by atoms with van der Waals surface area (Å²) in [6.45, 7) is 2.65. The van der Waals surface area contributed by atoms with Crippen LogP contribution in [0.1, 0.15) is 28.4 Å². The fourth-order valence-electron chi connectivity index (χ4n) is 1.96. The summed E-state index contributed by atoms with van der Waals surface area (Å²) in [5, 5.41) is 5.89. The molecule has 1 amide bonds. The van der Waals surface area contributed by atoms with E-state index in [2.05, 4.69) is 34.7 Å². The van der Waals surface area contributed by atoms with E-state index < -0.39 is 0 Å². The molecule has 4 nitrogen and oxygen atoms in total. The zero-order valence-corrected chi connectivity index (χ0v) is 11.8. The lowest BCUT2D eigenvalue weighted by molar-refractivity contribution is 0.0951. The second-order valence-electron chi connectivity index (χ2n) is 4.52. The first-order valence-electron chi connectivity index (χ1n) is 6.72. The van der Waals surface area contributed by atoms with Crippen LogP contribution in [0.25, 0.3) is 0 Å². The summed E-state index contributed by atoms with van der Waals surface area (Å²) in [5.41, 5.74) is 3.72. The highest BCUT2D eigenvalue weighted by molar-refractivity contribution is 5.99. The van der Waals surface area contributed by atoms with E-state index in [0.29, 0.717) is 12.1 Å². The van der Waals surface area contributed by atoms with Gasteiger partial charge in [0.1, 0.15) is 0 Å². The van der Waals surface area contributed by atoms with Crippen molar-refractivity contribution in [1.29, 1.82) is 0 Å². The molecule has 0 unspecified atom stereocenters. The van der Waals surface area contributed by atoms with Gasteiger partial charge < -0.3 is 10.6 Å². The molecule has 0 aliphatic carbocycles. The predicted molar refractivity (Wildman–Crippen MR) is 80.8 cm³/mol. The van der Waals surface area contributed by atoms with E-state index >= 15 is 0 Å². The summed E-state index contributed by atoms with van der Waals surface area (Å²) >= 11 is 0. The van der Waals surface area contributed by atoms with Crippen molar-refractivity contribution in [2.45, 2.75) is 19.9 Å². The maximum absolute atomic E-state index is 12.1. The van der Waals surface area contributed by atoms with Gasteiger partial charge in [0.2, 0.25) is 0 Å². The van der Waals surface area contributed by atoms with Crippen molar-refractivity contribution in [2.75, 3.05) is 12.4 Å². The summed E-state index contributed by atoms with van der Waals surface area (Å²) in [7, 11) is 1.78. The van der Waals surface area contributed by atoms with Crippen LogP contribution in [0.4, 0.5) is 5.69 Å². The number of carbonyl (C=O) groups is 1. The normalized spacial score (nSPS) is 10.1. The number of hydrogen-bond donors (Lipinski definition) is 2. The van der Waals surface area contributed by atoms with Gasteiger partial charge in [-0.3, -0.25) is 9.78 Å². The second-order valence-corrected chi connectivity index (χ2v) is 4.52. The van der Waals surface area contributed by atoms with Crippen LogP contribution in [0.2, 0.25) is 0 Å². The maximum Gasteiger partial charge on any atom is 0.253 e. The van der Waals surface area contributed by atoms with Crippen LogP contribution in [0.5, 0.6) is 0 Å². The zero-order valence-electron chi connectivity index (χ0n) is 11.8. The average Bonchev–Trinajstić information content (AvgIpc) is 2.53. The van der Waals surface area contributed by atoms with Crippen LogP contribution in [-0.4, -0.2) is 17.9 Å². The molecule has 0 saturated heterocycles. The molecule has 0 atom stereocenters. The monoisotopic (exact) mass is 269 g/mol. The van der Waals surface area contributed by atoms with Gasteiger partial charge >= 0.3 is 0 Å². The average molecular weight is 269 g/mol. The van der Waals surface area contributed by atoms with Crippen LogP contribution < -0.4 is 10.6 Å². The summed E-state index contributed by atoms with van der Waals surface area (Å²) in [6.07, 6.45) is 4.28. The van der Waals surface area contributed by atoms with Gasteiger partial charge in [-0.15, -0.1) is 0 Å². The largest absolute Gasteiger partial charge is 0.386 e. The van der Waals surface area contributed by atoms with E-state index in [1.807, 2.05) is 12.1 Å². The summed E-state index contributed by atoms with van der Waals surface area (Å²) in [4.78, 5) is 16.1. The van der Waals surface area contributed by atoms with E-state index in [4.69, 9.17) is 0 Å². The van der Waals surface area contributed by atoms with Crippen molar-refractivity contribution >= 4 is 11.6 Å². The quantitative estimate of drug-likeness (QED) is 0.877. The summed E-state index contributed by atoms with van der Waals surface area (Å²) in [5.74, 6) is -0.101. The molecule has 2 N–H and O–H groups in total. The van der Waals surface area contributed by atoms with Gasteiger partial charge in [0.05, 0.1) is 17.4 Å². The van der Waals surface area contributed by atoms with Crippen LogP contribution >= 0.6 is 0 Å². The fourth-order valence-corrected chi connectivity index (χ4v) is 1.96. The van der Waals surface area contributed by atoms with Gasteiger partial charge in [0.25, 0.3) is 5.91 Å². The van der Waals surface area contributed by atoms with E-state index in [1.54, 1.807) is 25.5 Å². The molecule has 0 aliphatic rings. The number of nitrogens with zero attached hydrogens (tertiary/aromatic N) is 1. The minimum Gasteiger partial charge on any atom is -0.386 e. The Morgan fingerprint density at radius 1 is 1.15 bits per heavy atom. The number of amides is 1. The molecule has 0 bridgehead atoms. The Balaban J connectivity index is 2.01. The van der Waals surface area contributed by atoms with Crippen LogP contribution in [0.15, 0.2) is 42.7 Å². The number of hydrogen-bond acceptors (Lipinski definition) is 3. The molecule has 1 heterocycles. The van der Waals surface area contributed by atoms with Crippen molar-refractivity contribution in [1.82, 2.24) is 10.3 Å². The number of rotatable bonds is 5. The molecule has 0 fully saturated rings. The van der Waals surface area contributed by atoms with Crippen LogP contribution in [0, 0.1) is 0 Å². The molecule has 0 spiro atoms. The lowest BCUT2D eigenvalue weighted by Crippen LogP contribution is -2.23. The number of pyridine rings is 1. The number of benzene rings is 1. The third kappa shape index (κ3) is 3.35. The Labute approximate surface area is 119 Å². The highest BCUT2D eigenvalue weighted by atomic mass is 16.1. The maximum atomic E-state index is 12.1. The molecule has 1 aromatic heterocycles. The molecule has 20 heavy (non-hydrogen) atoms. The Morgan fingerprint density at radius 3 is 2.50 bits per heavy atom.